The standard InChI is InChI=1S/C30H37N3O3/c1-22(23-12-7-6-8-13-23)20-33-28(34)26-18-17-25(27-16-11-19-36-27)32(26)21-30(33,2)29(35)31-24-14-9-4-3-5-10-15-24/h6-8,11-13,16-19,22,24H,3-5,9-10,14-15,20-21H2,1-2H3,(H,31,35)/t22-,30-/m0/s1. The van der Waals surface area contributed by atoms with E-state index >= 15 is 0 Å². The number of hydrogen-bond donors (Lipinski definition) is 1. The Morgan fingerprint density at radius 1 is 1.00 bits per heavy atom. The highest BCUT2D eigenvalue weighted by atomic mass is 16.3. The van der Waals surface area contributed by atoms with Gasteiger partial charge in [-0.3, -0.25) is 9.59 Å². The zero-order valence-corrected chi connectivity index (χ0v) is 21.4. The summed E-state index contributed by atoms with van der Waals surface area (Å²) in [4.78, 5) is 29.8. The van der Waals surface area contributed by atoms with E-state index in [1.165, 1.54) is 19.3 Å². The second kappa shape index (κ2) is 10.4. The van der Waals surface area contributed by atoms with E-state index in [1.807, 2.05) is 58.9 Å². The molecule has 2 amide bonds. The summed E-state index contributed by atoms with van der Waals surface area (Å²) in [6, 6.07) is 17.9. The smallest absolute Gasteiger partial charge is 0.271 e. The van der Waals surface area contributed by atoms with Crippen LogP contribution in [0.3, 0.4) is 0 Å². The summed E-state index contributed by atoms with van der Waals surface area (Å²) in [7, 11) is 0. The Kier molecular flexibility index (Phi) is 7.04. The van der Waals surface area contributed by atoms with Crippen LogP contribution in [0, 0.1) is 0 Å². The van der Waals surface area contributed by atoms with Gasteiger partial charge < -0.3 is 19.2 Å². The van der Waals surface area contributed by atoms with Crippen molar-refractivity contribution in [2.75, 3.05) is 6.54 Å². The van der Waals surface area contributed by atoms with Gasteiger partial charge in [0, 0.05) is 12.6 Å². The zero-order chi connectivity index (χ0) is 25.1. The van der Waals surface area contributed by atoms with Crippen molar-refractivity contribution in [1.82, 2.24) is 14.8 Å². The van der Waals surface area contributed by atoms with E-state index in [0.717, 1.165) is 36.9 Å². The van der Waals surface area contributed by atoms with Crippen LogP contribution >= 0.6 is 0 Å². The maximum absolute atomic E-state index is 14.0. The van der Waals surface area contributed by atoms with Crippen LogP contribution in [0.4, 0.5) is 0 Å². The van der Waals surface area contributed by atoms with E-state index in [9.17, 15) is 9.59 Å². The minimum Gasteiger partial charge on any atom is -0.463 e. The molecule has 0 bridgehead atoms. The topological polar surface area (TPSA) is 67.5 Å². The summed E-state index contributed by atoms with van der Waals surface area (Å²) in [6.45, 7) is 4.91. The quantitative estimate of drug-likeness (QED) is 0.464. The van der Waals surface area contributed by atoms with Gasteiger partial charge in [-0.1, -0.05) is 69.4 Å². The lowest BCUT2D eigenvalue weighted by atomic mass is 9.90. The minimum absolute atomic E-state index is 0.0635. The first-order chi connectivity index (χ1) is 17.5. The number of aromatic nitrogens is 1. The number of hydrogen-bond acceptors (Lipinski definition) is 3. The number of fused-ring (bicyclic) bond motifs is 1. The van der Waals surface area contributed by atoms with Crippen LogP contribution in [0.25, 0.3) is 11.5 Å². The lowest BCUT2D eigenvalue weighted by molar-refractivity contribution is -0.133. The predicted molar refractivity (Wildman–Crippen MR) is 141 cm³/mol. The van der Waals surface area contributed by atoms with Crippen LogP contribution in [0.2, 0.25) is 0 Å². The lowest BCUT2D eigenvalue weighted by Gasteiger charge is -2.46. The summed E-state index contributed by atoms with van der Waals surface area (Å²) >= 11 is 0. The Morgan fingerprint density at radius 3 is 2.39 bits per heavy atom. The monoisotopic (exact) mass is 487 g/mol. The average Bonchev–Trinajstić information content (AvgIpc) is 3.53. The summed E-state index contributed by atoms with van der Waals surface area (Å²) in [5.41, 5.74) is 1.56. The van der Waals surface area contributed by atoms with Crippen molar-refractivity contribution in [3.05, 3.63) is 72.1 Å². The van der Waals surface area contributed by atoms with Crippen molar-refractivity contribution >= 4 is 11.8 Å². The molecule has 3 aromatic rings. The first kappa shape index (κ1) is 24.4. The molecular weight excluding hydrogens is 450 g/mol. The molecule has 1 N–H and O–H groups in total. The molecule has 0 spiro atoms. The molecule has 5 rings (SSSR count). The van der Waals surface area contributed by atoms with Gasteiger partial charge in [-0.05, 0) is 55.5 Å². The molecule has 36 heavy (non-hydrogen) atoms. The predicted octanol–water partition coefficient (Wildman–Crippen LogP) is 6.00. The van der Waals surface area contributed by atoms with Crippen LogP contribution in [0.1, 0.15) is 80.8 Å². The number of furan rings is 1. The Hall–Kier alpha value is -3.28. The lowest BCUT2D eigenvalue weighted by Crippen LogP contribution is -2.65. The first-order valence-electron chi connectivity index (χ1n) is 13.4. The number of carbonyl (C=O) groups is 2. The molecule has 2 aliphatic rings. The van der Waals surface area contributed by atoms with Gasteiger partial charge in [0.25, 0.3) is 5.91 Å². The van der Waals surface area contributed by atoms with Crippen molar-refractivity contribution in [3.8, 4) is 11.5 Å². The molecule has 6 nitrogen and oxygen atoms in total. The van der Waals surface area contributed by atoms with E-state index in [0.29, 0.717) is 24.5 Å². The number of amides is 2. The van der Waals surface area contributed by atoms with Crippen molar-refractivity contribution < 1.29 is 14.0 Å². The Labute approximate surface area is 213 Å². The number of nitrogens with one attached hydrogen (secondary N) is 1. The van der Waals surface area contributed by atoms with Gasteiger partial charge in [-0.15, -0.1) is 0 Å². The summed E-state index contributed by atoms with van der Waals surface area (Å²) in [5.74, 6) is 0.612. The average molecular weight is 488 g/mol. The van der Waals surface area contributed by atoms with Crippen LogP contribution in [0.15, 0.2) is 65.3 Å². The summed E-state index contributed by atoms with van der Waals surface area (Å²) in [5, 5.41) is 3.37. The van der Waals surface area contributed by atoms with Crippen molar-refractivity contribution in [3.63, 3.8) is 0 Å². The molecule has 0 saturated heterocycles. The molecule has 3 heterocycles. The third-order valence-electron chi connectivity index (χ3n) is 8.03. The van der Waals surface area contributed by atoms with Crippen LogP contribution in [-0.2, 0) is 11.3 Å². The molecule has 1 saturated carbocycles. The minimum atomic E-state index is -1.02. The molecule has 0 unspecified atom stereocenters. The third kappa shape index (κ3) is 4.73. The molecule has 1 aromatic carbocycles. The molecule has 1 aliphatic carbocycles. The van der Waals surface area contributed by atoms with Gasteiger partial charge in [-0.25, -0.2) is 0 Å². The molecular formula is C30H37N3O3. The molecule has 2 atom stereocenters. The number of nitrogens with zero attached hydrogens (tertiary/aromatic N) is 2. The normalized spacial score (nSPS) is 21.9. The van der Waals surface area contributed by atoms with Crippen molar-refractivity contribution in [2.45, 2.75) is 82.8 Å². The highest BCUT2D eigenvalue weighted by Gasteiger charge is 2.48. The Morgan fingerprint density at radius 2 is 1.69 bits per heavy atom. The van der Waals surface area contributed by atoms with E-state index in [2.05, 4.69) is 24.4 Å². The van der Waals surface area contributed by atoms with Gasteiger partial charge in [0.05, 0.1) is 18.5 Å². The number of rotatable bonds is 6. The van der Waals surface area contributed by atoms with Crippen molar-refractivity contribution in [2.24, 2.45) is 0 Å². The molecule has 0 radical (unpaired) electrons. The second-order valence-electron chi connectivity index (χ2n) is 10.7. The van der Waals surface area contributed by atoms with Crippen LogP contribution in [0.5, 0.6) is 0 Å². The van der Waals surface area contributed by atoms with Crippen LogP contribution < -0.4 is 5.32 Å². The van der Waals surface area contributed by atoms with E-state index in [-0.39, 0.29) is 23.8 Å². The summed E-state index contributed by atoms with van der Waals surface area (Å²) in [6.07, 6.45) is 9.65. The molecule has 6 heteroatoms. The third-order valence-corrected chi connectivity index (χ3v) is 8.03. The number of benzene rings is 1. The highest BCUT2D eigenvalue weighted by Crippen LogP contribution is 2.35. The largest absolute Gasteiger partial charge is 0.463 e. The Bertz CT molecular complexity index is 1180. The van der Waals surface area contributed by atoms with Gasteiger partial charge in [-0.2, -0.15) is 0 Å². The fourth-order valence-electron chi connectivity index (χ4n) is 5.80. The zero-order valence-electron chi connectivity index (χ0n) is 21.4. The molecule has 1 aliphatic heterocycles. The fourth-order valence-corrected chi connectivity index (χ4v) is 5.80. The maximum Gasteiger partial charge on any atom is 0.271 e. The Balaban J connectivity index is 1.48. The van der Waals surface area contributed by atoms with E-state index in [1.54, 1.807) is 6.26 Å². The highest BCUT2D eigenvalue weighted by molar-refractivity contribution is 6.00. The summed E-state index contributed by atoms with van der Waals surface area (Å²) < 4.78 is 7.62. The molecule has 190 valence electrons. The van der Waals surface area contributed by atoms with Gasteiger partial charge in [0.2, 0.25) is 5.91 Å². The van der Waals surface area contributed by atoms with Gasteiger partial charge in [0.1, 0.15) is 17.0 Å². The maximum atomic E-state index is 14.0. The van der Waals surface area contributed by atoms with Gasteiger partial charge in [0.15, 0.2) is 0 Å². The van der Waals surface area contributed by atoms with E-state index < -0.39 is 5.54 Å². The SMILES string of the molecule is C[C@@H](CN1C(=O)c2ccc(-c3ccco3)n2C[C@@]1(C)C(=O)NC1CCCCCCC1)c1ccccc1. The van der Waals surface area contributed by atoms with E-state index in [4.69, 9.17) is 4.42 Å². The molecule has 2 aromatic heterocycles. The molecule has 1 fully saturated rings. The van der Waals surface area contributed by atoms with Crippen molar-refractivity contribution in [1.29, 1.82) is 0 Å². The fraction of sp³-hybridized carbons (Fsp3) is 0.467. The van der Waals surface area contributed by atoms with Crippen LogP contribution in [-0.4, -0.2) is 39.4 Å². The number of carbonyl (C=O) groups excluding carboxylic acids is 2. The van der Waals surface area contributed by atoms with Gasteiger partial charge >= 0.3 is 0 Å². The second-order valence-corrected chi connectivity index (χ2v) is 10.7. The first-order valence-corrected chi connectivity index (χ1v) is 13.4.